The molecule has 18 heavy (non-hydrogen) atoms. The normalized spacial score (nSPS) is 13.2. The van der Waals surface area contributed by atoms with Crippen LogP contribution in [-0.2, 0) is 0 Å². The maximum atomic E-state index is 5.45. The van der Waals surface area contributed by atoms with Crippen LogP contribution in [0.25, 0.3) is 0 Å². The van der Waals surface area contributed by atoms with E-state index in [0.717, 1.165) is 23.9 Å². The van der Waals surface area contributed by atoms with Gasteiger partial charge in [-0.05, 0) is 31.0 Å². The molecule has 100 valence electrons. The topological polar surface area (TPSA) is 62.4 Å². The third-order valence-electron chi connectivity index (χ3n) is 2.64. The lowest BCUT2D eigenvalue weighted by Crippen LogP contribution is -2.42. The summed E-state index contributed by atoms with van der Waals surface area (Å²) in [5.41, 5.74) is 3.79. The highest BCUT2D eigenvalue weighted by molar-refractivity contribution is 9.10. The molecular weight excluding hydrogens is 292 g/mol. The number of rotatable bonds is 5. The van der Waals surface area contributed by atoms with Gasteiger partial charge in [0.2, 0.25) is 5.96 Å². The number of aliphatic imine (C=N–C) groups is 1. The lowest BCUT2D eigenvalue weighted by Gasteiger charge is -2.17. The molecule has 0 aromatic heterocycles. The molecule has 4 N–H and O–H groups in total. The first kappa shape index (κ1) is 15.0. The van der Waals surface area contributed by atoms with E-state index in [1.165, 1.54) is 5.56 Å². The molecule has 0 aliphatic rings. The Morgan fingerprint density at radius 2 is 2.06 bits per heavy atom. The molecule has 0 fully saturated rings. The fourth-order valence-corrected chi connectivity index (χ4v) is 1.79. The quantitative estimate of drug-likeness (QED) is 0.257. The van der Waals surface area contributed by atoms with Gasteiger partial charge in [0, 0.05) is 11.0 Å². The van der Waals surface area contributed by atoms with Gasteiger partial charge in [-0.15, -0.1) is 0 Å². The maximum absolute atomic E-state index is 5.45. The fraction of sp³-hybridized carbons (Fsp3) is 0.462. The van der Waals surface area contributed by atoms with Crippen LogP contribution in [0.5, 0.6) is 0 Å². The number of nitrogens with two attached hydrogens (primary N) is 1. The predicted octanol–water partition coefficient (Wildman–Crippen LogP) is 2.72. The summed E-state index contributed by atoms with van der Waals surface area (Å²) in [6.45, 7) is 5.01. The molecule has 4 nitrogen and oxygen atoms in total. The summed E-state index contributed by atoms with van der Waals surface area (Å²) in [6.07, 6.45) is 2.20. The summed E-state index contributed by atoms with van der Waals surface area (Å²) in [5.74, 6) is 6.09. The van der Waals surface area contributed by atoms with Crippen molar-refractivity contribution in [3.63, 3.8) is 0 Å². The Morgan fingerprint density at radius 1 is 1.39 bits per heavy atom. The SMILES string of the molecule is CCCCN=C(NN)NC(C)c1ccc(Br)cc1. The molecule has 0 radical (unpaired) electrons. The molecule has 0 saturated heterocycles. The van der Waals surface area contributed by atoms with Crippen molar-refractivity contribution in [1.82, 2.24) is 10.7 Å². The fourth-order valence-electron chi connectivity index (χ4n) is 1.52. The number of nitrogens with zero attached hydrogens (tertiary/aromatic N) is 1. The van der Waals surface area contributed by atoms with E-state index in [0.29, 0.717) is 5.96 Å². The molecule has 0 heterocycles. The highest BCUT2D eigenvalue weighted by Crippen LogP contribution is 2.16. The van der Waals surface area contributed by atoms with E-state index in [-0.39, 0.29) is 6.04 Å². The van der Waals surface area contributed by atoms with Crippen molar-refractivity contribution in [1.29, 1.82) is 0 Å². The summed E-state index contributed by atoms with van der Waals surface area (Å²) in [6, 6.07) is 8.35. The van der Waals surface area contributed by atoms with E-state index < -0.39 is 0 Å². The average Bonchev–Trinajstić information content (AvgIpc) is 2.38. The second-order valence-corrected chi connectivity index (χ2v) is 5.06. The van der Waals surface area contributed by atoms with Gasteiger partial charge in [0.1, 0.15) is 0 Å². The van der Waals surface area contributed by atoms with Gasteiger partial charge in [0.05, 0.1) is 6.04 Å². The van der Waals surface area contributed by atoms with Gasteiger partial charge in [-0.2, -0.15) is 0 Å². The average molecular weight is 313 g/mol. The van der Waals surface area contributed by atoms with Crippen LogP contribution in [0.15, 0.2) is 33.7 Å². The minimum atomic E-state index is 0.162. The van der Waals surface area contributed by atoms with Crippen LogP contribution < -0.4 is 16.6 Å². The van der Waals surface area contributed by atoms with Gasteiger partial charge in [-0.3, -0.25) is 10.4 Å². The number of guanidine groups is 1. The second kappa shape index (κ2) is 8.11. The number of halogens is 1. The van der Waals surface area contributed by atoms with Gasteiger partial charge >= 0.3 is 0 Å². The Balaban J connectivity index is 2.58. The largest absolute Gasteiger partial charge is 0.349 e. The number of hydrogen-bond donors (Lipinski definition) is 3. The maximum Gasteiger partial charge on any atom is 0.206 e. The lowest BCUT2D eigenvalue weighted by atomic mass is 10.1. The monoisotopic (exact) mass is 312 g/mol. The molecule has 0 spiro atoms. The minimum absolute atomic E-state index is 0.162. The van der Waals surface area contributed by atoms with Crippen molar-refractivity contribution in [2.75, 3.05) is 6.54 Å². The van der Waals surface area contributed by atoms with Crippen LogP contribution in [0.2, 0.25) is 0 Å². The van der Waals surface area contributed by atoms with Crippen LogP contribution in [0, 0.1) is 0 Å². The van der Waals surface area contributed by atoms with E-state index in [4.69, 9.17) is 5.84 Å². The molecule has 1 aromatic rings. The molecule has 1 atom stereocenters. The highest BCUT2D eigenvalue weighted by Gasteiger charge is 2.06. The van der Waals surface area contributed by atoms with Gasteiger partial charge < -0.3 is 5.32 Å². The molecular formula is C13H21BrN4. The summed E-state index contributed by atoms with van der Waals surface area (Å²) in [5, 5.41) is 3.26. The van der Waals surface area contributed by atoms with Crippen LogP contribution in [0.4, 0.5) is 0 Å². The van der Waals surface area contributed by atoms with Gasteiger partial charge in [-0.1, -0.05) is 41.4 Å². The first-order chi connectivity index (χ1) is 8.67. The predicted molar refractivity (Wildman–Crippen MR) is 80.2 cm³/mol. The Bertz CT molecular complexity index is 375. The van der Waals surface area contributed by atoms with E-state index >= 15 is 0 Å². The Labute approximate surface area is 117 Å². The zero-order valence-corrected chi connectivity index (χ0v) is 12.5. The highest BCUT2D eigenvalue weighted by atomic mass is 79.9. The third kappa shape index (κ3) is 5.06. The molecule has 0 amide bonds. The molecule has 0 aliphatic carbocycles. The van der Waals surface area contributed by atoms with E-state index in [2.05, 4.69) is 57.6 Å². The van der Waals surface area contributed by atoms with Crippen molar-refractivity contribution < 1.29 is 0 Å². The van der Waals surface area contributed by atoms with Crippen molar-refractivity contribution in [3.05, 3.63) is 34.3 Å². The van der Waals surface area contributed by atoms with Crippen LogP contribution in [-0.4, -0.2) is 12.5 Å². The van der Waals surface area contributed by atoms with Crippen molar-refractivity contribution in [3.8, 4) is 0 Å². The second-order valence-electron chi connectivity index (χ2n) is 4.15. The lowest BCUT2D eigenvalue weighted by molar-refractivity contribution is 0.683. The Kier molecular flexibility index (Phi) is 6.75. The van der Waals surface area contributed by atoms with Gasteiger partial charge in [0.25, 0.3) is 0 Å². The molecule has 0 saturated carbocycles. The minimum Gasteiger partial charge on any atom is -0.349 e. The standard InChI is InChI=1S/C13H21BrN4/c1-3-4-9-16-13(18-15)17-10(2)11-5-7-12(14)8-6-11/h5-8,10H,3-4,9,15H2,1-2H3,(H2,16,17,18). The van der Waals surface area contributed by atoms with Gasteiger partial charge in [-0.25, -0.2) is 5.84 Å². The number of unbranched alkanes of at least 4 members (excludes halogenated alkanes) is 1. The molecule has 5 heteroatoms. The smallest absolute Gasteiger partial charge is 0.206 e. The zero-order valence-electron chi connectivity index (χ0n) is 10.9. The third-order valence-corrected chi connectivity index (χ3v) is 3.17. The van der Waals surface area contributed by atoms with Crippen molar-refractivity contribution in [2.45, 2.75) is 32.7 Å². The molecule has 1 aromatic carbocycles. The van der Waals surface area contributed by atoms with Crippen LogP contribution >= 0.6 is 15.9 Å². The van der Waals surface area contributed by atoms with Crippen LogP contribution in [0.1, 0.15) is 38.3 Å². The zero-order chi connectivity index (χ0) is 13.4. The Morgan fingerprint density at radius 3 is 2.61 bits per heavy atom. The number of nitrogens with one attached hydrogen (secondary N) is 2. The first-order valence-corrected chi connectivity index (χ1v) is 6.99. The molecule has 0 bridgehead atoms. The van der Waals surface area contributed by atoms with Crippen molar-refractivity contribution >= 4 is 21.9 Å². The van der Waals surface area contributed by atoms with Crippen molar-refractivity contribution in [2.24, 2.45) is 10.8 Å². The molecule has 1 unspecified atom stereocenters. The summed E-state index contributed by atoms with van der Waals surface area (Å²) >= 11 is 3.42. The Hall–Kier alpha value is -1.07. The van der Waals surface area contributed by atoms with E-state index in [1.54, 1.807) is 0 Å². The summed E-state index contributed by atoms with van der Waals surface area (Å²) in [7, 11) is 0. The molecule has 1 rings (SSSR count). The van der Waals surface area contributed by atoms with E-state index in [1.807, 2.05) is 12.1 Å². The first-order valence-electron chi connectivity index (χ1n) is 6.20. The van der Waals surface area contributed by atoms with Gasteiger partial charge in [0.15, 0.2) is 0 Å². The summed E-state index contributed by atoms with van der Waals surface area (Å²) < 4.78 is 1.08. The number of benzene rings is 1. The number of hydrazine groups is 1. The number of hydrogen-bond acceptors (Lipinski definition) is 2. The summed E-state index contributed by atoms with van der Waals surface area (Å²) in [4.78, 5) is 4.38. The molecule has 0 aliphatic heterocycles. The van der Waals surface area contributed by atoms with E-state index in [9.17, 15) is 0 Å². The van der Waals surface area contributed by atoms with Crippen LogP contribution in [0.3, 0.4) is 0 Å².